The molecule has 4 heteroatoms. The highest BCUT2D eigenvalue weighted by Gasteiger charge is 2.15. The minimum atomic E-state index is 0.0458. The second-order valence-corrected chi connectivity index (χ2v) is 4.98. The Morgan fingerprint density at radius 1 is 1.19 bits per heavy atom. The molecule has 0 aliphatic heterocycles. The zero-order valence-corrected chi connectivity index (χ0v) is 11.9. The van der Waals surface area contributed by atoms with Gasteiger partial charge in [0.15, 0.2) is 0 Å². The van der Waals surface area contributed by atoms with E-state index in [1.54, 1.807) is 6.20 Å². The van der Waals surface area contributed by atoms with E-state index in [0.717, 1.165) is 16.5 Å². The third kappa shape index (κ3) is 2.79. The van der Waals surface area contributed by atoms with Crippen molar-refractivity contribution in [2.24, 2.45) is 0 Å². The maximum absolute atomic E-state index is 12.6. The Kier molecular flexibility index (Phi) is 3.69. The number of carbonyl (C=O) groups is 1. The van der Waals surface area contributed by atoms with E-state index >= 15 is 0 Å². The summed E-state index contributed by atoms with van der Waals surface area (Å²) in [5.41, 5.74) is 2.77. The lowest BCUT2D eigenvalue weighted by Crippen LogP contribution is -2.30. The van der Waals surface area contributed by atoms with E-state index in [1.807, 2.05) is 60.4 Å². The number of aromatic amines is 1. The Morgan fingerprint density at radius 2 is 2.00 bits per heavy atom. The normalized spacial score (nSPS) is 10.7. The molecular weight excluding hydrogens is 262 g/mol. The summed E-state index contributed by atoms with van der Waals surface area (Å²) < 4.78 is 0. The number of nitrogens with zero attached hydrogens (tertiary/aromatic N) is 2. The van der Waals surface area contributed by atoms with Gasteiger partial charge in [-0.1, -0.05) is 30.3 Å². The van der Waals surface area contributed by atoms with Gasteiger partial charge in [0, 0.05) is 24.0 Å². The molecule has 4 nitrogen and oxygen atoms in total. The first-order valence-electron chi connectivity index (χ1n) is 7.04. The lowest BCUT2D eigenvalue weighted by Gasteiger charge is -2.21. The summed E-state index contributed by atoms with van der Waals surface area (Å²) in [6.07, 6.45) is 1.74. The number of carbonyl (C=O) groups excluding carboxylic acids is 1. The number of amides is 1. The van der Waals surface area contributed by atoms with Crippen molar-refractivity contribution in [3.8, 4) is 0 Å². The Balaban J connectivity index is 1.84. The third-order valence-corrected chi connectivity index (χ3v) is 3.57. The van der Waals surface area contributed by atoms with E-state index in [9.17, 15) is 4.79 Å². The van der Waals surface area contributed by atoms with Crippen molar-refractivity contribution < 1.29 is 4.79 Å². The number of rotatable bonds is 4. The Hall–Kier alpha value is -2.62. The van der Waals surface area contributed by atoms with Gasteiger partial charge in [-0.2, -0.15) is 5.10 Å². The zero-order valence-electron chi connectivity index (χ0n) is 11.9. The average molecular weight is 279 g/mol. The molecule has 0 unspecified atom stereocenters. The Labute approximate surface area is 123 Å². The Morgan fingerprint density at radius 3 is 2.76 bits per heavy atom. The largest absolute Gasteiger partial charge is 0.335 e. The van der Waals surface area contributed by atoms with Crippen LogP contribution in [-0.4, -0.2) is 27.5 Å². The number of H-pyrrole nitrogens is 1. The molecular formula is C17H17N3O. The molecule has 1 aromatic heterocycles. The van der Waals surface area contributed by atoms with Crippen LogP contribution in [-0.2, 0) is 6.54 Å². The number of fused-ring (bicyclic) bond motifs is 1. The zero-order chi connectivity index (χ0) is 14.7. The van der Waals surface area contributed by atoms with Crippen LogP contribution in [0.2, 0.25) is 0 Å². The smallest absolute Gasteiger partial charge is 0.254 e. The topological polar surface area (TPSA) is 49.0 Å². The van der Waals surface area contributed by atoms with Gasteiger partial charge in [-0.05, 0) is 30.7 Å². The van der Waals surface area contributed by atoms with Crippen LogP contribution in [0.1, 0.15) is 22.8 Å². The van der Waals surface area contributed by atoms with Crippen molar-refractivity contribution in [3.05, 3.63) is 65.9 Å². The van der Waals surface area contributed by atoms with Crippen molar-refractivity contribution in [2.45, 2.75) is 13.5 Å². The molecule has 0 aliphatic rings. The summed E-state index contributed by atoms with van der Waals surface area (Å²) in [5.74, 6) is 0.0458. The monoisotopic (exact) mass is 279 g/mol. The van der Waals surface area contributed by atoms with Crippen LogP contribution < -0.4 is 0 Å². The van der Waals surface area contributed by atoms with Gasteiger partial charge in [-0.25, -0.2) is 0 Å². The van der Waals surface area contributed by atoms with Crippen LogP contribution in [0.15, 0.2) is 54.7 Å². The summed E-state index contributed by atoms with van der Waals surface area (Å²) in [7, 11) is 0. The predicted molar refractivity (Wildman–Crippen MR) is 83.0 cm³/mol. The maximum atomic E-state index is 12.6. The number of hydrogen-bond acceptors (Lipinski definition) is 2. The van der Waals surface area contributed by atoms with E-state index in [-0.39, 0.29) is 5.91 Å². The quantitative estimate of drug-likeness (QED) is 0.797. The summed E-state index contributed by atoms with van der Waals surface area (Å²) in [6, 6.07) is 15.7. The van der Waals surface area contributed by atoms with E-state index in [0.29, 0.717) is 18.7 Å². The molecule has 1 amide bonds. The van der Waals surface area contributed by atoms with E-state index in [1.165, 1.54) is 0 Å². The highest BCUT2D eigenvalue weighted by atomic mass is 16.2. The molecule has 3 rings (SSSR count). The van der Waals surface area contributed by atoms with E-state index in [4.69, 9.17) is 0 Å². The van der Waals surface area contributed by atoms with Gasteiger partial charge in [-0.15, -0.1) is 0 Å². The summed E-state index contributed by atoms with van der Waals surface area (Å²) >= 11 is 0. The lowest BCUT2D eigenvalue weighted by molar-refractivity contribution is 0.0753. The Bertz CT molecular complexity index is 749. The SMILES string of the molecule is CCN(Cc1ccccc1)C(=O)c1ccc2[nH]ncc2c1. The van der Waals surface area contributed by atoms with E-state index < -0.39 is 0 Å². The van der Waals surface area contributed by atoms with Crippen LogP contribution in [0.25, 0.3) is 10.9 Å². The molecule has 0 bridgehead atoms. The van der Waals surface area contributed by atoms with Crippen LogP contribution in [0.3, 0.4) is 0 Å². The summed E-state index contributed by atoms with van der Waals surface area (Å²) in [6.45, 7) is 3.30. The number of nitrogens with one attached hydrogen (secondary N) is 1. The van der Waals surface area contributed by atoms with Crippen molar-refractivity contribution in [3.63, 3.8) is 0 Å². The molecule has 2 aromatic carbocycles. The van der Waals surface area contributed by atoms with Gasteiger partial charge in [-0.3, -0.25) is 9.89 Å². The van der Waals surface area contributed by atoms with Crippen LogP contribution in [0.5, 0.6) is 0 Å². The highest BCUT2D eigenvalue weighted by molar-refractivity contribution is 5.97. The second kappa shape index (κ2) is 5.79. The lowest BCUT2D eigenvalue weighted by atomic mass is 10.1. The summed E-state index contributed by atoms with van der Waals surface area (Å²) in [5, 5.41) is 7.83. The van der Waals surface area contributed by atoms with Crippen LogP contribution in [0, 0.1) is 0 Å². The first-order chi connectivity index (χ1) is 10.3. The first kappa shape index (κ1) is 13.4. The third-order valence-electron chi connectivity index (χ3n) is 3.57. The van der Waals surface area contributed by atoms with Crippen molar-refractivity contribution >= 4 is 16.8 Å². The molecule has 0 spiro atoms. The van der Waals surface area contributed by atoms with Crippen molar-refractivity contribution in [1.29, 1.82) is 0 Å². The van der Waals surface area contributed by atoms with Gasteiger partial charge in [0.05, 0.1) is 11.7 Å². The van der Waals surface area contributed by atoms with Crippen molar-refractivity contribution in [2.75, 3.05) is 6.54 Å². The fourth-order valence-corrected chi connectivity index (χ4v) is 2.39. The molecule has 106 valence electrons. The standard InChI is InChI=1S/C17H17N3O/c1-2-20(12-13-6-4-3-5-7-13)17(21)14-8-9-16-15(10-14)11-18-19-16/h3-11H,2,12H2,1H3,(H,18,19). The fraction of sp³-hybridized carbons (Fsp3) is 0.176. The van der Waals surface area contributed by atoms with Crippen molar-refractivity contribution in [1.82, 2.24) is 15.1 Å². The maximum Gasteiger partial charge on any atom is 0.254 e. The molecule has 21 heavy (non-hydrogen) atoms. The number of aromatic nitrogens is 2. The minimum absolute atomic E-state index is 0.0458. The number of hydrogen-bond donors (Lipinski definition) is 1. The van der Waals surface area contributed by atoms with Gasteiger partial charge in [0.25, 0.3) is 5.91 Å². The first-order valence-corrected chi connectivity index (χ1v) is 7.04. The molecule has 1 N–H and O–H groups in total. The molecule has 1 heterocycles. The van der Waals surface area contributed by atoms with Gasteiger partial charge in [0.2, 0.25) is 0 Å². The van der Waals surface area contributed by atoms with Gasteiger partial charge < -0.3 is 4.90 Å². The molecule has 0 radical (unpaired) electrons. The van der Waals surface area contributed by atoms with Crippen LogP contribution in [0.4, 0.5) is 0 Å². The van der Waals surface area contributed by atoms with Gasteiger partial charge >= 0.3 is 0 Å². The fourth-order valence-electron chi connectivity index (χ4n) is 2.39. The predicted octanol–water partition coefficient (Wildman–Crippen LogP) is 3.23. The van der Waals surface area contributed by atoms with Gasteiger partial charge in [0.1, 0.15) is 0 Å². The average Bonchev–Trinajstić information content (AvgIpc) is 3.00. The molecule has 0 atom stereocenters. The molecule has 0 aliphatic carbocycles. The molecule has 0 fully saturated rings. The minimum Gasteiger partial charge on any atom is -0.335 e. The second-order valence-electron chi connectivity index (χ2n) is 4.98. The highest BCUT2D eigenvalue weighted by Crippen LogP contribution is 2.16. The molecule has 0 saturated carbocycles. The number of benzene rings is 2. The van der Waals surface area contributed by atoms with E-state index in [2.05, 4.69) is 10.2 Å². The summed E-state index contributed by atoms with van der Waals surface area (Å²) in [4.78, 5) is 14.5. The van der Waals surface area contributed by atoms with Crippen LogP contribution >= 0.6 is 0 Å². The molecule has 0 saturated heterocycles. The molecule has 3 aromatic rings.